The summed E-state index contributed by atoms with van der Waals surface area (Å²) in [5.74, 6) is -2.18. The number of rotatable bonds is 4. The molecule has 1 aliphatic heterocycles. The van der Waals surface area contributed by atoms with Crippen LogP contribution in [0, 0.1) is 17.6 Å². The van der Waals surface area contributed by atoms with E-state index in [1.807, 2.05) is 18.4 Å². The second-order valence-corrected chi connectivity index (χ2v) is 6.21. The highest BCUT2D eigenvalue weighted by Gasteiger charge is 2.29. The Labute approximate surface area is 137 Å². The van der Waals surface area contributed by atoms with Crippen molar-refractivity contribution in [2.45, 2.75) is 39.3 Å². The molecule has 6 nitrogen and oxygen atoms in total. The fourth-order valence-corrected chi connectivity index (χ4v) is 2.93. The molecular formula is C16H18F2N4O2. The average molecular weight is 336 g/mol. The molecule has 0 bridgehead atoms. The standard InChI is InChI=1S/C16H18F2N4O2/c1-8(2)14(15-21-20-12-4-3-5-22(12)15)19-16(24)13-10(18)6-9(17)7-11(13)23/h6-8,14,23H,3-5H2,1-2H3,(H,19,24). The smallest absolute Gasteiger partial charge is 0.258 e. The van der Waals surface area contributed by atoms with Crippen LogP contribution in [0.3, 0.4) is 0 Å². The van der Waals surface area contributed by atoms with Gasteiger partial charge in [0.25, 0.3) is 5.91 Å². The number of phenolic OH excluding ortho intramolecular Hbond substituents is 1. The highest BCUT2D eigenvalue weighted by molar-refractivity contribution is 5.97. The summed E-state index contributed by atoms with van der Waals surface area (Å²) < 4.78 is 28.9. The second kappa shape index (κ2) is 6.18. The summed E-state index contributed by atoms with van der Waals surface area (Å²) in [5.41, 5.74) is -0.580. The van der Waals surface area contributed by atoms with E-state index < -0.39 is 34.9 Å². The number of amides is 1. The number of nitrogens with one attached hydrogen (secondary N) is 1. The van der Waals surface area contributed by atoms with Crippen molar-refractivity contribution in [3.63, 3.8) is 0 Å². The quantitative estimate of drug-likeness (QED) is 0.898. The highest BCUT2D eigenvalue weighted by Crippen LogP contribution is 2.27. The van der Waals surface area contributed by atoms with E-state index in [1.165, 1.54) is 0 Å². The van der Waals surface area contributed by atoms with Gasteiger partial charge in [0, 0.05) is 25.1 Å². The normalized spacial score (nSPS) is 14.7. The van der Waals surface area contributed by atoms with E-state index in [0.29, 0.717) is 18.0 Å². The Kier molecular flexibility index (Phi) is 4.21. The van der Waals surface area contributed by atoms with Crippen LogP contribution in [0.2, 0.25) is 0 Å². The molecule has 2 aromatic rings. The van der Waals surface area contributed by atoms with E-state index in [4.69, 9.17) is 0 Å². The Morgan fingerprint density at radius 3 is 2.75 bits per heavy atom. The van der Waals surface area contributed by atoms with Crippen LogP contribution in [0.5, 0.6) is 5.75 Å². The molecule has 1 unspecified atom stereocenters. The summed E-state index contributed by atoms with van der Waals surface area (Å²) in [6.07, 6.45) is 1.79. The van der Waals surface area contributed by atoms with Crippen LogP contribution in [-0.4, -0.2) is 25.8 Å². The Balaban J connectivity index is 1.91. The maximum Gasteiger partial charge on any atom is 0.258 e. The van der Waals surface area contributed by atoms with Gasteiger partial charge in [-0.05, 0) is 12.3 Å². The van der Waals surface area contributed by atoms with Crippen molar-refractivity contribution < 1.29 is 18.7 Å². The molecule has 1 amide bonds. The van der Waals surface area contributed by atoms with Gasteiger partial charge in [-0.2, -0.15) is 0 Å². The lowest BCUT2D eigenvalue weighted by molar-refractivity contribution is 0.0914. The van der Waals surface area contributed by atoms with Gasteiger partial charge in [0.2, 0.25) is 0 Å². The zero-order valence-corrected chi connectivity index (χ0v) is 13.4. The summed E-state index contributed by atoms with van der Waals surface area (Å²) in [5, 5.41) is 20.6. The summed E-state index contributed by atoms with van der Waals surface area (Å²) >= 11 is 0. The maximum atomic E-state index is 13.9. The van der Waals surface area contributed by atoms with Crippen molar-refractivity contribution in [1.82, 2.24) is 20.1 Å². The molecule has 0 fully saturated rings. The van der Waals surface area contributed by atoms with E-state index in [2.05, 4.69) is 15.5 Å². The zero-order chi connectivity index (χ0) is 17.4. The molecule has 24 heavy (non-hydrogen) atoms. The number of aromatic hydroxyl groups is 1. The topological polar surface area (TPSA) is 80.0 Å². The van der Waals surface area contributed by atoms with Gasteiger partial charge >= 0.3 is 0 Å². The van der Waals surface area contributed by atoms with Crippen LogP contribution in [0.4, 0.5) is 8.78 Å². The predicted octanol–water partition coefficient (Wildman–Crippen LogP) is 2.34. The number of phenols is 1. The van der Waals surface area contributed by atoms with E-state index in [1.54, 1.807) is 0 Å². The first-order valence-corrected chi connectivity index (χ1v) is 7.79. The van der Waals surface area contributed by atoms with Gasteiger partial charge < -0.3 is 15.0 Å². The molecule has 1 aromatic carbocycles. The molecule has 3 rings (SSSR count). The van der Waals surface area contributed by atoms with Crippen LogP contribution < -0.4 is 5.32 Å². The molecule has 0 radical (unpaired) electrons. The molecule has 0 saturated heterocycles. The third-order valence-electron chi connectivity index (χ3n) is 4.13. The summed E-state index contributed by atoms with van der Waals surface area (Å²) in [6, 6.07) is 0.769. The fourth-order valence-electron chi connectivity index (χ4n) is 2.93. The summed E-state index contributed by atoms with van der Waals surface area (Å²) in [4.78, 5) is 12.4. The van der Waals surface area contributed by atoms with Crippen molar-refractivity contribution in [2.75, 3.05) is 0 Å². The molecule has 8 heteroatoms. The number of aryl methyl sites for hydroxylation is 1. The van der Waals surface area contributed by atoms with Gasteiger partial charge in [0.1, 0.15) is 28.8 Å². The van der Waals surface area contributed by atoms with E-state index in [0.717, 1.165) is 25.2 Å². The van der Waals surface area contributed by atoms with Crippen molar-refractivity contribution in [3.05, 3.63) is 41.0 Å². The molecule has 0 aliphatic carbocycles. The molecular weight excluding hydrogens is 318 g/mol. The van der Waals surface area contributed by atoms with Gasteiger partial charge in [-0.25, -0.2) is 8.78 Å². The minimum Gasteiger partial charge on any atom is -0.507 e. The van der Waals surface area contributed by atoms with Gasteiger partial charge in [0.15, 0.2) is 5.82 Å². The third kappa shape index (κ3) is 2.83. The van der Waals surface area contributed by atoms with E-state index in [-0.39, 0.29) is 5.92 Å². The van der Waals surface area contributed by atoms with Crippen LogP contribution in [0.15, 0.2) is 12.1 Å². The van der Waals surface area contributed by atoms with Crippen LogP contribution in [0.25, 0.3) is 0 Å². The first kappa shape index (κ1) is 16.4. The Morgan fingerprint density at radius 2 is 2.08 bits per heavy atom. The van der Waals surface area contributed by atoms with E-state index in [9.17, 15) is 18.7 Å². The Bertz CT molecular complexity index is 765. The largest absolute Gasteiger partial charge is 0.507 e. The lowest BCUT2D eigenvalue weighted by atomic mass is 10.0. The van der Waals surface area contributed by atoms with Crippen molar-refractivity contribution >= 4 is 5.91 Å². The number of nitrogens with zero attached hydrogens (tertiary/aromatic N) is 3. The number of hydrogen-bond acceptors (Lipinski definition) is 4. The van der Waals surface area contributed by atoms with Crippen LogP contribution in [-0.2, 0) is 13.0 Å². The Morgan fingerprint density at radius 1 is 1.33 bits per heavy atom. The number of fused-ring (bicyclic) bond motifs is 1. The van der Waals surface area contributed by atoms with Crippen LogP contribution in [0.1, 0.15) is 48.3 Å². The van der Waals surface area contributed by atoms with Crippen LogP contribution >= 0.6 is 0 Å². The Hall–Kier alpha value is -2.51. The first-order valence-electron chi connectivity index (χ1n) is 7.79. The number of halogens is 2. The second-order valence-electron chi connectivity index (χ2n) is 6.21. The lowest BCUT2D eigenvalue weighted by Gasteiger charge is -2.22. The molecule has 0 spiro atoms. The fraction of sp³-hybridized carbons (Fsp3) is 0.438. The minimum atomic E-state index is -1.11. The van der Waals surface area contributed by atoms with Crippen molar-refractivity contribution in [1.29, 1.82) is 0 Å². The van der Waals surface area contributed by atoms with Gasteiger partial charge in [-0.1, -0.05) is 13.8 Å². The monoisotopic (exact) mass is 336 g/mol. The van der Waals surface area contributed by atoms with E-state index >= 15 is 0 Å². The number of aromatic nitrogens is 3. The molecule has 128 valence electrons. The lowest BCUT2D eigenvalue weighted by Crippen LogP contribution is -2.34. The van der Waals surface area contributed by atoms with Gasteiger partial charge in [-0.15, -0.1) is 10.2 Å². The zero-order valence-electron chi connectivity index (χ0n) is 13.4. The molecule has 0 saturated carbocycles. The highest BCUT2D eigenvalue weighted by atomic mass is 19.1. The number of hydrogen-bond donors (Lipinski definition) is 2. The number of benzene rings is 1. The minimum absolute atomic E-state index is 0.0338. The van der Waals surface area contributed by atoms with Crippen molar-refractivity contribution in [3.8, 4) is 5.75 Å². The summed E-state index contributed by atoms with van der Waals surface area (Å²) in [6.45, 7) is 4.55. The third-order valence-corrected chi connectivity index (χ3v) is 4.13. The van der Waals surface area contributed by atoms with Crippen molar-refractivity contribution in [2.24, 2.45) is 5.92 Å². The SMILES string of the molecule is CC(C)C(NC(=O)c1c(O)cc(F)cc1F)c1nnc2n1CCC2. The first-order chi connectivity index (χ1) is 11.4. The number of carbonyl (C=O) groups excluding carboxylic acids is 1. The number of carbonyl (C=O) groups is 1. The summed E-state index contributed by atoms with van der Waals surface area (Å²) in [7, 11) is 0. The molecule has 1 aromatic heterocycles. The molecule has 2 N–H and O–H groups in total. The molecule has 1 atom stereocenters. The maximum absolute atomic E-state index is 13.9. The average Bonchev–Trinajstić information content (AvgIpc) is 3.06. The molecule has 1 aliphatic rings. The molecule has 2 heterocycles. The van der Waals surface area contributed by atoms with Gasteiger partial charge in [0.05, 0.1) is 6.04 Å². The van der Waals surface area contributed by atoms with Gasteiger partial charge in [-0.3, -0.25) is 4.79 Å². The predicted molar refractivity (Wildman–Crippen MR) is 81.4 cm³/mol.